The highest BCUT2D eigenvalue weighted by molar-refractivity contribution is 5.83. The topological polar surface area (TPSA) is 35.5 Å². The van der Waals surface area contributed by atoms with Crippen LogP contribution >= 0.6 is 0 Å². The highest BCUT2D eigenvalue weighted by Crippen LogP contribution is 2.08. The van der Waals surface area contributed by atoms with E-state index >= 15 is 0 Å². The van der Waals surface area contributed by atoms with Crippen LogP contribution in [0.2, 0.25) is 0 Å². The number of benzene rings is 1. The van der Waals surface area contributed by atoms with E-state index in [2.05, 4.69) is 0 Å². The lowest BCUT2D eigenvalue weighted by atomic mass is 10.3. The van der Waals surface area contributed by atoms with Gasteiger partial charge in [-0.25, -0.2) is 4.79 Å². The summed E-state index contributed by atoms with van der Waals surface area (Å²) >= 11 is 0. The fourth-order valence-corrected chi connectivity index (χ4v) is 0.879. The van der Waals surface area contributed by atoms with Gasteiger partial charge in [-0.2, -0.15) is 0 Å². The Morgan fingerprint density at radius 2 is 2.07 bits per heavy atom. The minimum Gasteiger partial charge on any atom is -0.423 e. The van der Waals surface area contributed by atoms with E-state index in [0.29, 0.717) is 12.4 Å². The van der Waals surface area contributed by atoms with Crippen LogP contribution < -0.4 is 4.74 Å². The average molecular weight is 192 g/mol. The number of hydrogen-bond acceptors (Lipinski definition) is 3. The van der Waals surface area contributed by atoms with Gasteiger partial charge in [0.05, 0.1) is 6.61 Å². The van der Waals surface area contributed by atoms with Gasteiger partial charge in [-0.05, 0) is 12.1 Å². The minimum atomic E-state index is -0.395. The summed E-state index contributed by atoms with van der Waals surface area (Å²) in [6.07, 6.45) is 2.95. The third kappa shape index (κ3) is 3.87. The molecule has 0 spiro atoms. The minimum absolute atomic E-state index is 0.395. The van der Waals surface area contributed by atoms with Crippen LogP contribution in [0.5, 0.6) is 5.75 Å². The lowest BCUT2D eigenvalue weighted by Gasteiger charge is -1.99. The second-order valence-corrected chi connectivity index (χ2v) is 2.59. The van der Waals surface area contributed by atoms with Crippen LogP contribution in [0, 0.1) is 0 Å². The molecule has 1 aromatic rings. The molecule has 0 bridgehead atoms. The van der Waals surface area contributed by atoms with E-state index in [9.17, 15) is 4.79 Å². The van der Waals surface area contributed by atoms with Crippen LogP contribution in [-0.4, -0.2) is 19.7 Å². The molecule has 0 aromatic heterocycles. The summed E-state index contributed by atoms with van der Waals surface area (Å²) < 4.78 is 9.73. The first-order chi connectivity index (χ1) is 6.83. The van der Waals surface area contributed by atoms with Crippen molar-refractivity contribution in [3.8, 4) is 5.75 Å². The molecule has 0 saturated carbocycles. The van der Waals surface area contributed by atoms with Gasteiger partial charge in [0, 0.05) is 13.2 Å². The number of rotatable bonds is 4. The molecule has 1 aromatic carbocycles. The molecule has 0 aliphatic rings. The molecule has 3 nitrogen and oxygen atoms in total. The van der Waals surface area contributed by atoms with Gasteiger partial charge in [0.2, 0.25) is 0 Å². The predicted molar refractivity (Wildman–Crippen MR) is 53.1 cm³/mol. The van der Waals surface area contributed by atoms with Crippen molar-refractivity contribution in [1.82, 2.24) is 0 Å². The largest absolute Gasteiger partial charge is 0.423 e. The van der Waals surface area contributed by atoms with Gasteiger partial charge >= 0.3 is 5.97 Å². The number of para-hydroxylation sites is 1. The maximum Gasteiger partial charge on any atom is 0.335 e. The normalized spacial score (nSPS) is 10.4. The Morgan fingerprint density at radius 3 is 2.71 bits per heavy atom. The molecule has 0 N–H and O–H groups in total. The van der Waals surface area contributed by atoms with Gasteiger partial charge in [0.25, 0.3) is 0 Å². The summed E-state index contributed by atoms with van der Waals surface area (Å²) in [5, 5.41) is 0. The van der Waals surface area contributed by atoms with Crippen molar-refractivity contribution in [3.05, 3.63) is 42.5 Å². The summed E-state index contributed by atoms with van der Waals surface area (Å²) in [6, 6.07) is 8.92. The van der Waals surface area contributed by atoms with Crippen molar-refractivity contribution < 1.29 is 14.3 Å². The Balaban J connectivity index is 2.42. The van der Waals surface area contributed by atoms with Gasteiger partial charge in [-0.3, -0.25) is 0 Å². The quantitative estimate of drug-likeness (QED) is 0.414. The third-order valence-corrected chi connectivity index (χ3v) is 1.48. The van der Waals surface area contributed by atoms with E-state index < -0.39 is 5.97 Å². The number of methoxy groups -OCH3 is 1. The fraction of sp³-hybridized carbons (Fsp3) is 0.182. The van der Waals surface area contributed by atoms with Gasteiger partial charge in [-0.15, -0.1) is 0 Å². The highest BCUT2D eigenvalue weighted by Gasteiger charge is 1.97. The van der Waals surface area contributed by atoms with Crippen molar-refractivity contribution >= 4 is 5.97 Å². The summed E-state index contributed by atoms with van der Waals surface area (Å²) in [5.41, 5.74) is 0. The number of hydrogen-bond donors (Lipinski definition) is 0. The monoisotopic (exact) mass is 192 g/mol. The Bertz CT molecular complexity index is 304. The van der Waals surface area contributed by atoms with E-state index in [1.807, 2.05) is 18.2 Å². The smallest absolute Gasteiger partial charge is 0.335 e. The van der Waals surface area contributed by atoms with E-state index in [4.69, 9.17) is 9.47 Å². The van der Waals surface area contributed by atoms with Crippen molar-refractivity contribution in [2.45, 2.75) is 0 Å². The first-order valence-electron chi connectivity index (χ1n) is 4.25. The van der Waals surface area contributed by atoms with E-state index in [1.165, 1.54) is 6.08 Å². The molecular formula is C11H12O3. The zero-order valence-corrected chi connectivity index (χ0v) is 7.97. The summed E-state index contributed by atoms with van der Waals surface area (Å²) in [4.78, 5) is 11.1. The Labute approximate surface area is 83.0 Å². The van der Waals surface area contributed by atoms with E-state index in [0.717, 1.165) is 0 Å². The van der Waals surface area contributed by atoms with Crippen molar-refractivity contribution in [2.24, 2.45) is 0 Å². The zero-order valence-electron chi connectivity index (χ0n) is 7.97. The number of carbonyl (C=O) groups is 1. The molecule has 0 unspecified atom stereocenters. The summed E-state index contributed by atoms with van der Waals surface area (Å²) in [5.74, 6) is 0.146. The Hall–Kier alpha value is -1.61. The lowest BCUT2D eigenvalue weighted by Crippen LogP contribution is -2.03. The molecule has 3 heteroatoms. The first kappa shape index (κ1) is 10.5. The fourth-order valence-electron chi connectivity index (χ4n) is 0.879. The summed E-state index contributed by atoms with van der Waals surface area (Å²) in [7, 11) is 1.56. The van der Waals surface area contributed by atoms with Crippen LogP contribution in [0.3, 0.4) is 0 Å². The molecule has 0 aliphatic carbocycles. The molecule has 0 saturated heterocycles. The molecule has 0 amide bonds. The molecule has 14 heavy (non-hydrogen) atoms. The predicted octanol–water partition coefficient (Wildman–Crippen LogP) is 1.79. The SMILES string of the molecule is COCC=CC(=O)Oc1ccccc1. The Morgan fingerprint density at radius 1 is 1.36 bits per heavy atom. The maximum absolute atomic E-state index is 11.1. The van der Waals surface area contributed by atoms with Gasteiger partial charge in [-0.1, -0.05) is 24.3 Å². The second-order valence-electron chi connectivity index (χ2n) is 2.59. The molecule has 1 rings (SSSR count). The van der Waals surface area contributed by atoms with Crippen molar-refractivity contribution in [1.29, 1.82) is 0 Å². The van der Waals surface area contributed by atoms with Crippen LogP contribution in [0.15, 0.2) is 42.5 Å². The molecule has 0 fully saturated rings. The molecular weight excluding hydrogens is 180 g/mol. The molecule has 0 aliphatic heterocycles. The van der Waals surface area contributed by atoms with Crippen LogP contribution in [0.1, 0.15) is 0 Å². The van der Waals surface area contributed by atoms with Crippen LogP contribution in [0.25, 0.3) is 0 Å². The number of carbonyl (C=O) groups excluding carboxylic acids is 1. The number of ether oxygens (including phenoxy) is 2. The summed E-state index contributed by atoms with van der Waals surface area (Å²) in [6.45, 7) is 0.407. The Kier molecular flexibility index (Phi) is 4.44. The standard InChI is InChI=1S/C11H12O3/c1-13-9-5-8-11(12)14-10-6-3-2-4-7-10/h2-8H,9H2,1H3. The van der Waals surface area contributed by atoms with E-state index in [1.54, 1.807) is 25.3 Å². The molecule has 74 valence electrons. The number of esters is 1. The van der Waals surface area contributed by atoms with Gasteiger partial charge in [0.15, 0.2) is 0 Å². The van der Waals surface area contributed by atoms with Crippen LogP contribution in [-0.2, 0) is 9.53 Å². The third-order valence-electron chi connectivity index (χ3n) is 1.48. The van der Waals surface area contributed by atoms with Crippen molar-refractivity contribution in [2.75, 3.05) is 13.7 Å². The molecule has 0 atom stereocenters. The maximum atomic E-state index is 11.1. The zero-order chi connectivity index (χ0) is 10.2. The van der Waals surface area contributed by atoms with Gasteiger partial charge < -0.3 is 9.47 Å². The second kappa shape index (κ2) is 5.94. The first-order valence-corrected chi connectivity index (χ1v) is 4.25. The highest BCUT2D eigenvalue weighted by atomic mass is 16.5. The molecule has 0 radical (unpaired) electrons. The van der Waals surface area contributed by atoms with Crippen molar-refractivity contribution in [3.63, 3.8) is 0 Å². The van der Waals surface area contributed by atoms with Gasteiger partial charge in [0.1, 0.15) is 5.75 Å². The average Bonchev–Trinajstić information content (AvgIpc) is 2.20. The van der Waals surface area contributed by atoms with Crippen LogP contribution in [0.4, 0.5) is 0 Å². The lowest BCUT2D eigenvalue weighted by molar-refractivity contribution is -0.129. The van der Waals surface area contributed by atoms with E-state index in [-0.39, 0.29) is 0 Å². The molecule has 0 heterocycles.